The van der Waals surface area contributed by atoms with Crippen LogP contribution in [0.5, 0.6) is 5.75 Å². The second-order valence-corrected chi connectivity index (χ2v) is 4.25. The molecule has 0 aliphatic rings. The Morgan fingerprint density at radius 2 is 1.78 bits per heavy atom. The molecule has 0 aliphatic heterocycles. The number of hydrogen-bond acceptors (Lipinski definition) is 3. The fourth-order valence-electron chi connectivity index (χ4n) is 2.06. The van der Waals surface area contributed by atoms with Crippen molar-refractivity contribution in [2.24, 2.45) is 0 Å². The first-order valence-electron chi connectivity index (χ1n) is 5.72. The average Bonchev–Trinajstić information content (AvgIpc) is 2.31. The SMILES string of the molecule is CC(=O)Oc1c(C)c(C(C)=O)cc2ccccc12. The van der Waals surface area contributed by atoms with Gasteiger partial charge in [0.1, 0.15) is 5.75 Å². The highest BCUT2D eigenvalue weighted by Crippen LogP contribution is 2.32. The smallest absolute Gasteiger partial charge is 0.308 e. The van der Waals surface area contributed by atoms with E-state index in [9.17, 15) is 9.59 Å². The molecule has 0 saturated carbocycles. The number of benzene rings is 2. The molecule has 0 heterocycles. The van der Waals surface area contributed by atoms with E-state index in [0.717, 1.165) is 10.8 Å². The largest absolute Gasteiger partial charge is 0.426 e. The van der Waals surface area contributed by atoms with Crippen molar-refractivity contribution in [3.05, 3.63) is 41.5 Å². The normalized spacial score (nSPS) is 10.4. The molecule has 18 heavy (non-hydrogen) atoms. The van der Waals surface area contributed by atoms with Gasteiger partial charge in [-0.3, -0.25) is 9.59 Å². The fourth-order valence-corrected chi connectivity index (χ4v) is 2.06. The van der Waals surface area contributed by atoms with Gasteiger partial charge in [0.05, 0.1) is 0 Å². The summed E-state index contributed by atoms with van der Waals surface area (Å²) >= 11 is 0. The number of hydrogen-bond donors (Lipinski definition) is 0. The van der Waals surface area contributed by atoms with Crippen LogP contribution in [0.3, 0.4) is 0 Å². The molecule has 0 fully saturated rings. The Morgan fingerprint density at radius 1 is 1.11 bits per heavy atom. The highest BCUT2D eigenvalue weighted by Gasteiger charge is 2.15. The predicted molar refractivity (Wildman–Crippen MR) is 70.0 cm³/mol. The highest BCUT2D eigenvalue weighted by molar-refractivity contribution is 6.03. The van der Waals surface area contributed by atoms with Crippen LogP contribution in [0.2, 0.25) is 0 Å². The lowest BCUT2D eigenvalue weighted by atomic mass is 9.98. The van der Waals surface area contributed by atoms with Crippen molar-refractivity contribution in [2.75, 3.05) is 0 Å². The van der Waals surface area contributed by atoms with Gasteiger partial charge in [-0.25, -0.2) is 0 Å². The molecule has 0 unspecified atom stereocenters. The number of Topliss-reactive ketones (excluding diaryl/α,β-unsaturated/α-hetero) is 1. The van der Waals surface area contributed by atoms with E-state index in [0.29, 0.717) is 16.9 Å². The lowest BCUT2D eigenvalue weighted by Crippen LogP contribution is -2.06. The van der Waals surface area contributed by atoms with Crippen LogP contribution in [0.4, 0.5) is 0 Å². The van der Waals surface area contributed by atoms with Gasteiger partial charge in [0.2, 0.25) is 0 Å². The first-order valence-corrected chi connectivity index (χ1v) is 5.72. The Bertz CT molecular complexity index is 641. The van der Waals surface area contributed by atoms with Crippen molar-refractivity contribution in [3.8, 4) is 5.75 Å². The summed E-state index contributed by atoms with van der Waals surface area (Å²) in [4.78, 5) is 22.8. The highest BCUT2D eigenvalue weighted by atomic mass is 16.5. The molecule has 0 saturated heterocycles. The molecule has 3 nitrogen and oxygen atoms in total. The Balaban J connectivity index is 2.81. The van der Waals surface area contributed by atoms with E-state index < -0.39 is 0 Å². The van der Waals surface area contributed by atoms with Crippen LogP contribution in [-0.4, -0.2) is 11.8 Å². The van der Waals surface area contributed by atoms with Gasteiger partial charge in [0.25, 0.3) is 0 Å². The van der Waals surface area contributed by atoms with Crippen molar-refractivity contribution >= 4 is 22.5 Å². The second-order valence-electron chi connectivity index (χ2n) is 4.25. The van der Waals surface area contributed by atoms with Crippen molar-refractivity contribution < 1.29 is 14.3 Å². The van der Waals surface area contributed by atoms with Crippen molar-refractivity contribution in [3.63, 3.8) is 0 Å². The van der Waals surface area contributed by atoms with Gasteiger partial charge in [-0.2, -0.15) is 0 Å². The minimum Gasteiger partial charge on any atom is -0.426 e. The molecule has 0 radical (unpaired) electrons. The maximum atomic E-state index is 11.6. The summed E-state index contributed by atoms with van der Waals surface area (Å²) in [6.45, 7) is 4.66. The van der Waals surface area contributed by atoms with Gasteiger partial charge in [-0.15, -0.1) is 0 Å². The molecule has 2 aromatic rings. The third-order valence-corrected chi connectivity index (χ3v) is 2.87. The quantitative estimate of drug-likeness (QED) is 0.461. The number of rotatable bonds is 2. The molecule has 0 aromatic heterocycles. The van der Waals surface area contributed by atoms with E-state index in [2.05, 4.69) is 0 Å². The van der Waals surface area contributed by atoms with Gasteiger partial charge >= 0.3 is 5.97 Å². The topological polar surface area (TPSA) is 43.4 Å². The lowest BCUT2D eigenvalue weighted by Gasteiger charge is -2.12. The second kappa shape index (κ2) is 4.61. The van der Waals surface area contributed by atoms with Crippen LogP contribution < -0.4 is 4.74 Å². The molecule has 0 aliphatic carbocycles. The Labute approximate surface area is 105 Å². The van der Waals surface area contributed by atoms with Crippen molar-refractivity contribution in [2.45, 2.75) is 20.8 Å². The Morgan fingerprint density at radius 3 is 2.39 bits per heavy atom. The minimum absolute atomic E-state index is 0.0355. The maximum absolute atomic E-state index is 11.6. The molecule has 2 aromatic carbocycles. The van der Waals surface area contributed by atoms with Crippen LogP contribution >= 0.6 is 0 Å². The summed E-state index contributed by atoms with van der Waals surface area (Å²) in [5.74, 6) is 0.0569. The summed E-state index contributed by atoms with van der Waals surface area (Å²) in [6, 6.07) is 9.38. The molecule has 3 heteroatoms. The Kier molecular flexibility index (Phi) is 3.15. The number of esters is 1. The molecule has 2 rings (SSSR count). The molecule has 0 atom stereocenters. The summed E-state index contributed by atoms with van der Waals surface area (Å²) in [5.41, 5.74) is 1.29. The van der Waals surface area contributed by atoms with E-state index in [1.807, 2.05) is 30.3 Å². The molecular weight excluding hydrogens is 228 g/mol. The van der Waals surface area contributed by atoms with Gasteiger partial charge in [-0.05, 0) is 25.3 Å². The minimum atomic E-state index is -0.385. The number of ketones is 1. The van der Waals surface area contributed by atoms with Crippen molar-refractivity contribution in [1.29, 1.82) is 0 Å². The van der Waals surface area contributed by atoms with E-state index in [1.165, 1.54) is 13.8 Å². The molecule has 0 bridgehead atoms. The lowest BCUT2D eigenvalue weighted by molar-refractivity contribution is -0.131. The van der Waals surface area contributed by atoms with E-state index in [1.54, 1.807) is 6.92 Å². The van der Waals surface area contributed by atoms with Gasteiger partial charge in [-0.1, -0.05) is 24.3 Å². The molecule has 0 amide bonds. The summed E-state index contributed by atoms with van der Waals surface area (Å²) in [5, 5.41) is 1.74. The zero-order chi connectivity index (χ0) is 13.3. The van der Waals surface area contributed by atoms with Gasteiger partial charge < -0.3 is 4.74 Å². The number of fused-ring (bicyclic) bond motifs is 1. The monoisotopic (exact) mass is 242 g/mol. The molecule has 92 valence electrons. The van der Waals surface area contributed by atoms with E-state index in [4.69, 9.17) is 4.74 Å². The number of carbonyl (C=O) groups is 2. The fraction of sp³-hybridized carbons (Fsp3) is 0.200. The Hall–Kier alpha value is -2.16. The summed E-state index contributed by atoms with van der Waals surface area (Å²) in [6.07, 6.45) is 0. The first kappa shape index (κ1) is 12.3. The third kappa shape index (κ3) is 2.12. The van der Waals surface area contributed by atoms with Crippen LogP contribution in [0, 0.1) is 6.92 Å². The number of carbonyl (C=O) groups excluding carboxylic acids is 2. The summed E-state index contributed by atoms with van der Waals surface area (Å²) in [7, 11) is 0. The average molecular weight is 242 g/mol. The maximum Gasteiger partial charge on any atom is 0.308 e. The molecular formula is C15H14O3. The van der Waals surface area contributed by atoms with E-state index in [-0.39, 0.29) is 11.8 Å². The third-order valence-electron chi connectivity index (χ3n) is 2.87. The molecule has 0 N–H and O–H groups in total. The first-order chi connectivity index (χ1) is 8.50. The predicted octanol–water partition coefficient (Wildman–Crippen LogP) is 3.28. The zero-order valence-electron chi connectivity index (χ0n) is 10.6. The van der Waals surface area contributed by atoms with Crippen LogP contribution in [0.15, 0.2) is 30.3 Å². The van der Waals surface area contributed by atoms with Crippen LogP contribution in [-0.2, 0) is 4.79 Å². The zero-order valence-corrected chi connectivity index (χ0v) is 10.6. The van der Waals surface area contributed by atoms with Gasteiger partial charge in [0.15, 0.2) is 5.78 Å². The van der Waals surface area contributed by atoms with E-state index >= 15 is 0 Å². The van der Waals surface area contributed by atoms with Crippen LogP contribution in [0.1, 0.15) is 29.8 Å². The summed E-state index contributed by atoms with van der Waals surface area (Å²) < 4.78 is 5.26. The van der Waals surface area contributed by atoms with Gasteiger partial charge in [0, 0.05) is 23.4 Å². The number of ether oxygens (including phenoxy) is 1. The van der Waals surface area contributed by atoms with Crippen molar-refractivity contribution in [1.82, 2.24) is 0 Å². The standard InChI is InChI=1S/C15H14O3/c1-9-14(10(2)16)8-12-6-4-5-7-13(12)15(9)18-11(3)17/h4-8H,1-3H3. The van der Waals surface area contributed by atoms with Crippen LogP contribution in [0.25, 0.3) is 10.8 Å². The molecule has 0 spiro atoms.